The van der Waals surface area contributed by atoms with Crippen molar-refractivity contribution in [2.24, 2.45) is 7.05 Å². The van der Waals surface area contributed by atoms with E-state index in [1.54, 1.807) is 15.8 Å². The Bertz CT molecular complexity index is 673. The largest absolute Gasteiger partial charge is 0.371 e. The smallest absolute Gasteiger partial charge is 0.250 e. The maximum Gasteiger partial charge on any atom is 0.250 e. The summed E-state index contributed by atoms with van der Waals surface area (Å²) in [5.74, 6) is 0.944. The number of amides is 1. The first-order valence-corrected chi connectivity index (χ1v) is 7.69. The van der Waals surface area contributed by atoms with Crippen LogP contribution in [0.2, 0.25) is 0 Å². The molecule has 0 radical (unpaired) electrons. The zero-order valence-electron chi connectivity index (χ0n) is 13.3. The van der Waals surface area contributed by atoms with E-state index in [1.807, 2.05) is 30.9 Å². The first kappa shape index (κ1) is 14.6. The first-order chi connectivity index (χ1) is 10.6. The summed E-state index contributed by atoms with van der Waals surface area (Å²) in [6.07, 6.45) is 5.55. The molecule has 0 spiro atoms. The van der Waals surface area contributed by atoms with Gasteiger partial charge in [0.15, 0.2) is 0 Å². The summed E-state index contributed by atoms with van der Waals surface area (Å²) in [6, 6.07) is 1.74. The highest BCUT2D eigenvalue weighted by Gasteiger charge is 2.34. The third-order valence-electron chi connectivity index (χ3n) is 3.89. The molecule has 1 atom stereocenters. The zero-order valence-corrected chi connectivity index (χ0v) is 13.3. The van der Waals surface area contributed by atoms with Gasteiger partial charge in [-0.3, -0.25) is 19.1 Å². The van der Waals surface area contributed by atoms with E-state index in [4.69, 9.17) is 0 Å². The molecule has 7 nitrogen and oxygen atoms in total. The molecule has 1 fully saturated rings. The molecule has 118 valence electrons. The van der Waals surface area contributed by atoms with Gasteiger partial charge in [0.05, 0.1) is 17.6 Å². The van der Waals surface area contributed by atoms with Crippen molar-refractivity contribution in [1.29, 1.82) is 0 Å². The lowest BCUT2D eigenvalue weighted by Gasteiger charge is -2.16. The van der Waals surface area contributed by atoms with E-state index in [2.05, 4.69) is 22.4 Å². The average molecular weight is 302 g/mol. The van der Waals surface area contributed by atoms with E-state index < -0.39 is 0 Å². The Hall–Kier alpha value is -2.31. The van der Waals surface area contributed by atoms with E-state index in [0.717, 1.165) is 36.6 Å². The van der Waals surface area contributed by atoms with Gasteiger partial charge >= 0.3 is 0 Å². The molecule has 0 aromatic carbocycles. The molecule has 1 saturated heterocycles. The van der Waals surface area contributed by atoms with Gasteiger partial charge in [0, 0.05) is 32.4 Å². The normalized spacial score (nSPS) is 18.2. The summed E-state index contributed by atoms with van der Waals surface area (Å²) in [4.78, 5) is 14.4. The van der Waals surface area contributed by atoms with Gasteiger partial charge in [-0.2, -0.15) is 10.2 Å². The monoisotopic (exact) mass is 302 g/mol. The van der Waals surface area contributed by atoms with Crippen LogP contribution in [0.15, 0.2) is 18.5 Å². The fraction of sp³-hybridized carbons (Fsp3) is 0.533. The minimum atomic E-state index is -0.200. The second-order valence-corrected chi connectivity index (χ2v) is 5.74. The van der Waals surface area contributed by atoms with Crippen LogP contribution in [0.25, 0.3) is 0 Å². The molecule has 7 heteroatoms. The predicted molar refractivity (Wildman–Crippen MR) is 84.8 cm³/mol. The molecular weight excluding hydrogens is 280 g/mol. The molecule has 1 aliphatic heterocycles. The van der Waals surface area contributed by atoms with Gasteiger partial charge in [0.1, 0.15) is 11.9 Å². The maximum absolute atomic E-state index is 12.6. The number of rotatable bonds is 5. The van der Waals surface area contributed by atoms with E-state index in [9.17, 15) is 4.79 Å². The number of anilines is 2. The van der Waals surface area contributed by atoms with Crippen molar-refractivity contribution in [3.63, 3.8) is 0 Å². The SMILES string of the molecule is CCCn1cc(N[C@@H]2CCN(c3cc(C)nn3C)C2=O)cn1. The number of hydrogen-bond donors (Lipinski definition) is 1. The molecule has 3 rings (SSSR count). The van der Waals surface area contributed by atoms with Crippen LogP contribution in [0.1, 0.15) is 25.5 Å². The standard InChI is InChI=1S/C15H22N6O/c1-4-6-20-10-12(9-16-20)17-13-5-7-21(15(13)22)14-8-11(2)18-19(14)3/h8-10,13,17H,4-7H2,1-3H3/t13-/m1/s1. The highest BCUT2D eigenvalue weighted by Crippen LogP contribution is 2.24. The van der Waals surface area contributed by atoms with Crippen LogP contribution in [0.5, 0.6) is 0 Å². The van der Waals surface area contributed by atoms with Gasteiger partial charge in [0.2, 0.25) is 0 Å². The Morgan fingerprint density at radius 1 is 1.45 bits per heavy atom. The Labute approximate surface area is 129 Å². The van der Waals surface area contributed by atoms with E-state index in [-0.39, 0.29) is 11.9 Å². The molecule has 22 heavy (non-hydrogen) atoms. The van der Waals surface area contributed by atoms with Crippen LogP contribution in [0, 0.1) is 6.92 Å². The van der Waals surface area contributed by atoms with Crippen LogP contribution in [0.3, 0.4) is 0 Å². The molecular formula is C15H22N6O. The van der Waals surface area contributed by atoms with Crippen molar-refractivity contribution in [2.45, 2.75) is 39.3 Å². The van der Waals surface area contributed by atoms with Gasteiger partial charge in [-0.25, -0.2) is 0 Å². The lowest BCUT2D eigenvalue weighted by atomic mass is 10.2. The topological polar surface area (TPSA) is 68.0 Å². The number of aryl methyl sites for hydroxylation is 3. The fourth-order valence-electron chi connectivity index (χ4n) is 2.88. The molecule has 0 aliphatic carbocycles. The van der Waals surface area contributed by atoms with Crippen molar-refractivity contribution in [3.05, 3.63) is 24.2 Å². The highest BCUT2D eigenvalue weighted by atomic mass is 16.2. The fourth-order valence-corrected chi connectivity index (χ4v) is 2.88. The third-order valence-corrected chi connectivity index (χ3v) is 3.89. The zero-order chi connectivity index (χ0) is 15.7. The Morgan fingerprint density at radius 3 is 2.95 bits per heavy atom. The molecule has 2 aromatic heterocycles. The van der Waals surface area contributed by atoms with E-state index in [1.165, 1.54) is 0 Å². The van der Waals surface area contributed by atoms with Crippen LogP contribution in [-0.2, 0) is 18.4 Å². The third kappa shape index (κ3) is 2.70. The second kappa shape index (κ2) is 5.82. The van der Waals surface area contributed by atoms with Crippen LogP contribution in [-0.4, -0.2) is 38.1 Å². The summed E-state index contributed by atoms with van der Waals surface area (Å²) in [5, 5.41) is 11.9. The molecule has 0 saturated carbocycles. The number of hydrogen-bond acceptors (Lipinski definition) is 4. The summed E-state index contributed by atoms with van der Waals surface area (Å²) in [6.45, 7) is 5.64. The van der Waals surface area contributed by atoms with Crippen molar-refractivity contribution in [2.75, 3.05) is 16.8 Å². The summed E-state index contributed by atoms with van der Waals surface area (Å²) in [7, 11) is 1.87. The Morgan fingerprint density at radius 2 is 2.27 bits per heavy atom. The lowest BCUT2D eigenvalue weighted by molar-refractivity contribution is -0.117. The van der Waals surface area contributed by atoms with Gasteiger partial charge in [-0.05, 0) is 19.8 Å². The van der Waals surface area contributed by atoms with Crippen molar-refractivity contribution < 1.29 is 4.79 Å². The minimum Gasteiger partial charge on any atom is -0.371 e. The summed E-state index contributed by atoms with van der Waals surface area (Å²) < 4.78 is 3.65. The number of nitrogens with one attached hydrogen (secondary N) is 1. The number of nitrogens with zero attached hydrogens (tertiary/aromatic N) is 5. The second-order valence-electron chi connectivity index (χ2n) is 5.74. The van der Waals surface area contributed by atoms with E-state index in [0.29, 0.717) is 6.54 Å². The predicted octanol–water partition coefficient (Wildman–Crippen LogP) is 1.55. The molecule has 0 unspecified atom stereocenters. The van der Waals surface area contributed by atoms with Crippen molar-refractivity contribution in [3.8, 4) is 0 Å². The van der Waals surface area contributed by atoms with Crippen molar-refractivity contribution >= 4 is 17.4 Å². The van der Waals surface area contributed by atoms with Crippen molar-refractivity contribution in [1.82, 2.24) is 19.6 Å². The molecule has 2 aromatic rings. The van der Waals surface area contributed by atoms with E-state index >= 15 is 0 Å². The lowest BCUT2D eigenvalue weighted by Crippen LogP contribution is -2.34. The van der Waals surface area contributed by atoms with Gasteiger partial charge in [-0.15, -0.1) is 0 Å². The van der Waals surface area contributed by atoms with Crippen LogP contribution >= 0.6 is 0 Å². The molecule has 3 heterocycles. The van der Waals surface area contributed by atoms with Crippen LogP contribution in [0.4, 0.5) is 11.5 Å². The van der Waals surface area contributed by atoms with Gasteiger partial charge < -0.3 is 5.32 Å². The number of aromatic nitrogens is 4. The molecule has 0 bridgehead atoms. The number of carbonyl (C=O) groups excluding carboxylic acids is 1. The Kier molecular flexibility index (Phi) is 3.87. The summed E-state index contributed by atoms with van der Waals surface area (Å²) >= 11 is 0. The minimum absolute atomic E-state index is 0.0891. The molecule has 1 amide bonds. The molecule has 1 N–H and O–H groups in total. The highest BCUT2D eigenvalue weighted by molar-refractivity contribution is 6.00. The maximum atomic E-state index is 12.6. The Balaban J connectivity index is 1.69. The quantitative estimate of drug-likeness (QED) is 0.910. The molecule has 1 aliphatic rings. The summed E-state index contributed by atoms with van der Waals surface area (Å²) in [5.41, 5.74) is 1.82. The van der Waals surface area contributed by atoms with Crippen LogP contribution < -0.4 is 10.2 Å². The van der Waals surface area contributed by atoms with Gasteiger partial charge in [-0.1, -0.05) is 6.92 Å². The number of carbonyl (C=O) groups is 1. The average Bonchev–Trinajstić information content (AvgIpc) is 3.13. The van der Waals surface area contributed by atoms with Gasteiger partial charge in [0.25, 0.3) is 5.91 Å². The first-order valence-electron chi connectivity index (χ1n) is 7.69.